The lowest BCUT2D eigenvalue weighted by molar-refractivity contribution is -0.142. The Kier molecular flexibility index (Phi) is 6.48. The van der Waals surface area contributed by atoms with Crippen LogP contribution in [0.4, 0.5) is 10.5 Å². The maximum absolute atomic E-state index is 13.2. The molecular formula is C19H27N5O4. The fourth-order valence-corrected chi connectivity index (χ4v) is 3.56. The molecular weight excluding hydrogens is 362 g/mol. The number of piperazine rings is 1. The summed E-state index contributed by atoms with van der Waals surface area (Å²) in [5.41, 5.74) is 0.750. The van der Waals surface area contributed by atoms with Crippen molar-refractivity contribution in [3.63, 3.8) is 0 Å². The molecule has 28 heavy (non-hydrogen) atoms. The van der Waals surface area contributed by atoms with Gasteiger partial charge in [-0.1, -0.05) is 18.2 Å². The summed E-state index contributed by atoms with van der Waals surface area (Å²) < 4.78 is 4.73. The number of esters is 1. The van der Waals surface area contributed by atoms with Crippen molar-refractivity contribution in [2.75, 3.05) is 51.3 Å². The predicted octanol–water partition coefficient (Wildman–Crippen LogP) is 0.487. The van der Waals surface area contributed by atoms with E-state index < -0.39 is 0 Å². The molecule has 1 atom stereocenters. The number of carbonyl (C=O) groups excluding carboxylic acids is 3. The first-order valence-corrected chi connectivity index (χ1v) is 9.50. The summed E-state index contributed by atoms with van der Waals surface area (Å²) in [5, 5.41) is 6.43. The number of hydrogen-bond acceptors (Lipinski definition) is 6. The molecule has 0 spiro atoms. The molecule has 0 aliphatic carbocycles. The van der Waals surface area contributed by atoms with Gasteiger partial charge in [0.15, 0.2) is 0 Å². The van der Waals surface area contributed by atoms with Gasteiger partial charge in [0.05, 0.1) is 13.5 Å². The van der Waals surface area contributed by atoms with Crippen LogP contribution < -0.4 is 10.2 Å². The lowest BCUT2D eigenvalue weighted by Gasteiger charge is -2.32. The van der Waals surface area contributed by atoms with E-state index >= 15 is 0 Å². The topological polar surface area (TPSA) is 85.4 Å². The number of nitrogens with zero attached hydrogens (tertiary/aromatic N) is 4. The van der Waals surface area contributed by atoms with E-state index in [-0.39, 0.29) is 43.6 Å². The van der Waals surface area contributed by atoms with Crippen LogP contribution in [0.3, 0.4) is 0 Å². The highest BCUT2D eigenvalue weighted by molar-refractivity contribution is 5.96. The van der Waals surface area contributed by atoms with Gasteiger partial charge in [0.2, 0.25) is 5.91 Å². The number of benzene rings is 1. The molecule has 0 aromatic heterocycles. The van der Waals surface area contributed by atoms with Gasteiger partial charge in [-0.15, -0.1) is 0 Å². The Hall–Kier alpha value is -2.65. The minimum Gasteiger partial charge on any atom is -0.469 e. The average Bonchev–Trinajstić information content (AvgIpc) is 2.96. The number of nitrogens with one attached hydrogen (secondary N) is 1. The minimum atomic E-state index is -0.355. The van der Waals surface area contributed by atoms with E-state index in [1.54, 1.807) is 14.8 Å². The van der Waals surface area contributed by atoms with E-state index in [9.17, 15) is 14.4 Å². The standard InChI is InChI=1S/C19H27N5O4/c1-15-22(11-8-18(26)28-2)23(14-17(25)21-12-9-20-10-13-21)19(27)24(15)16-6-4-3-5-7-16/h3-7,15,20H,8-14H2,1-2H3. The summed E-state index contributed by atoms with van der Waals surface area (Å²) in [5.74, 6) is -0.453. The maximum atomic E-state index is 13.2. The lowest BCUT2D eigenvalue weighted by atomic mass is 10.3. The largest absolute Gasteiger partial charge is 0.469 e. The number of anilines is 1. The van der Waals surface area contributed by atoms with Gasteiger partial charge in [0.25, 0.3) is 0 Å². The van der Waals surface area contributed by atoms with E-state index in [1.807, 2.05) is 37.3 Å². The van der Waals surface area contributed by atoms with Gasteiger partial charge in [-0.3, -0.25) is 14.5 Å². The smallest absolute Gasteiger partial charge is 0.340 e. The number of amides is 3. The van der Waals surface area contributed by atoms with Crippen molar-refractivity contribution in [3.05, 3.63) is 30.3 Å². The molecule has 1 N–H and O–H groups in total. The van der Waals surface area contributed by atoms with Crippen molar-refractivity contribution in [2.45, 2.75) is 19.5 Å². The Morgan fingerprint density at radius 1 is 1.18 bits per heavy atom. The third-order valence-corrected chi connectivity index (χ3v) is 5.10. The van der Waals surface area contributed by atoms with Crippen molar-refractivity contribution in [2.24, 2.45) is 0 Å². The minimum absolute atomic E-state index is 0.0479. The van der Waals surface area contributed by atoms with E-state index in [2.05, 4.69) is 5.32 Å². The number of methoxy groups -OCH3 is 1. The molecule has 1 aromatic carbocycles. The van der Waals surface area contributed by atoms with Crippen molar-refractivity contribution in [3.8, 4) is 0 Å². The number of carbonyl (C=O) groups is 3. The molecule has 3 rings (SSSR count). The monoisotopic (exact) mass is 389 g/mol. The summed E-state index contributed by atoms with van der Waals surface area (Å²) in [7, 11) is 1.34. The van der Waals surface area contributed by atoms with Gasteiger partial charge in [0, 0.05) is 38.4 Å². The molecule has 9 nitrogen and oxygen atoms in total. The van der Waals surface area contributed by atoms with E-state index in [0.29, 0.717) is 13.1 Å². The third-order valence-electron chi connectivity index (χ3n) is 5.10. The highest BCUT2D eigenvalue weighted by atomic mass is 16.5. The maximum Gasteiger partial charge on any atom is 0.340 e. The summed E-state index contributed by atoms with van der Waals surface area (Å²) in [6, 6.07) is 9.05. The quantitative estimate of drug-likeness (QED) is 0.713. The number of ether oxygens (including phenoxy) is 1. The molecule has 2 heterocycles. The molecule has 1 aromatic rings. The Labute approximate surface area is 164 Å². The molecule has 2 aliphatic rings. The zero-order valence-electron chi connectivity index (χ0n) is 16.3. The van der Waals surface area contributed by atoms with Gasteiger partial charge in [0.1, 0.15) is 12.7 Å². The van der Waals surface area contributed by atoms with Crippen LogP contribution in [0.25, 0.3) is 0 Å². The third kappa shape index (κ3) is 4.26. The molecule has 2 aliphatic heterocycles. The second kappa shape index (κ2) is 9.03. The van der Waals surface area contributed by atoms with Crippen LogP contribution >= 0.6 is 0 Å². The van der Waals surface area contributed by atoms with Crippen LogP contribution in [0.5, 0.6) is 0 Å². The first-order valence-electron chi connectivity index (χ1n) is 9.50. The summed E-state index contributed by atoms with van der Waals surface area (Å²) in [6.45, 7) is 4.88. The summed E-state index contributed by atoms with van der Waals surface area (Å²) >= 11 is 0. The van der Waals surface area contributed by atoms with Gasteiger partial charge in [-0.2, -0.15) is 5.01 Å². The molecule has 0 bridgehead atoms. The van der Waals surface area contributed by atoms with Crippen LogP contribution in [-0.4, -0.2) is 85.4 Å². The zero-order valence-corrected chi connectivity index (χ0v) is 16.3. The molecule has 1 unspecified atom stereocenters. The van der Waals surface area contributed by atoms with E-state index in [4.69, 9.17) is 4.74 Å². The second-order valence-electron chi connectivity index (χ2n) is 6.80. The van der Waals surface area contributed by atoms with Crippen LogP contribution in [0.15, 0.2) is 30.3 Å². The van der Waals surface area contributed by atoms with E-state index in [0.717, 1.165) is 18.8 Å². The fraction of sp³-hybridized carbons (Fsp3) is 0.526. The SMILES string of the molecule is COC(=O)CCN1C(C)N(c2ccccc2)C(=O)N1CC(=O)N1CCNCC1. The predicted molar refractivity (Wildman–Crippen MR) is 103 cm³/mol. The number of para-hydroxylation sites is 1. The normalized spacial score (nSPS) is 20.6. The van der Waals surface area contributed by atoms with Gasteiger partial charge >= 0.3 is 12.0 Å². The van der Waals surface area contributed by atoms with Crippen molar-refractivity contribution >= 4 is 23.6 Å². The number of hydrogen-bond donors (Lipinski definition) is 1. The lowest BCUT2D eigenvalue weighted by Crippen LogP contribution is -2.52. The molecule has 3 amide bonds. The first-order chi connectivity index (χ1) is 13.5. The Balaban J connectivity index is 1.79. The average molecular weight is 389 g/mol. The molecule has 0 radical (unpaired) electrons. The van der Waals surface area contributed by atoms with E-state index in [1.165, 1.54) is 12.1 Å². The van der Waals surface area contributed by atoms with Crippen LogP contribution in [0.2, 0.25) is 0 Å². The van der Waals surface area contributed by atoms with Crippen LogP contribution in [-0.2, 0) is 14.3 Å². The van der Waals surface area contributed by atoms with Crippen LogP contribution in [0.1, 0.15) is 13.3 Å². The summed E-state index contributed by atoms with van der Waals surface area (Å²) in [6.07, 6.45) is -0.190. The molecule has 0 saturated carbocycles. The van der Waals surface area contributed by atoms with Crippen LogP contribution in [0, 0.1) is 0 Å². The Morgan fingerprint density at radius 2 is 1.86 bits per heavy atom. The number of rotatable bonds is 6. The summed E-state index contributed by atoms with van der Waals surface area (Å²) in [4.78, 5) is 41.0. The second-order valence-corrected chi connectivity index (χ2v) is 6.80. The molecule has 9 heteroatoms. The molecule has 2 fully saturated rings. The Bertz CT molecular complexity index is 708. The highest BCUT2D eigenvalue weighted by Gasteiger charge is 2.43. The van der Waals surface area contributed by atoms with Crippen molar-refractivity contribution in [1.29, 1.82) is 0 Å². The Morgan fingerprint density at radius 3 is 2.50 bits per heavy atom. The van der Waals surface area contributed by atoms with Crippen molar-refractivity contribution < 1.29 is 19.1 Å². The highest BCUT2D eigenvalue weighted by Crippen LogP contribution is 2.28. The fourth-order valence-electron chi connectivity index (χ4n) is 3.56. The van der Waals surface area contributed by atoms with Gasteiger partial charge in [-0.25, -0.2) is 9.80 Å². The number of hydrazine groups is 1. The number of urea groups is 1. The first kappa shape index (κ1) is 20.1. The van der Waals surface area contributed by atoms with Gasteiger partial charge in [-0.05, 0) is 19.1 Å². The van der Waals surface area contributed by atoms with Crippen molar-refractivity contribution in [1.82, 2.24) is 20.2 Å². The van der Waals surface area contributed by atoms with Gasteiger partial charge < -0.3 is 15.0 Å². The zero-order chi connectivity index (χ0) is 20.1. The molecule has 2 saturated heterocycles. The molecule has 152 valence electrons.